The first-order chi connectivity index (χ1) is 9.01. The van der Waals surface area contributed by atoms with Crippen LogP contribution in [0.5, 0.6) is 11.6 Å². The van der Waals surface area contributed by atoms with Crippen molar-refractivity contribution in [3.05, 3.63) is 49.5 Å². The summed E-state index contributed by atoms with van der Waals surface area (Å²) >= 11 is 21.3. The van der Waals surface area contributed by atoms with E-state index < -0.39 is 0 Å². The second kappa shape index (κ2) is 6.29. The standard InChI is InChI=1S/C12H7BrCl3NO2/c13-7-2-9(15)11(3-8(7)14)19-12-10(16)1-6(5-18)4-17-12/h1-4,18H,5H2. The fourth-order valence-corrected chi connectivity index (χ4v) is 2.37. The summed E-state index contributed by atoms with van der Waals surface area (Å²) in [5.74, 6) is 0.542. The van der Waals surface area contributed by atoms with Crippen molar-refractivity contribution in [1.82, 2.24) is 4.98 Å². The lowest BCUT2D eigenvalue weighted by Crippen LogP contribution is -1.93. The number of aromatic nitrogens is 1. The van der Waals surface area contributed by atoms with Crippen molar-refractivity contribution in [3.8, 4) is 11.6 Å². The monoisotopic (exact) mass is 381 g/mol. The molecule has 2 aromatic rings. The fourth-order valence-electron chi connectivity index (χ4n) is 1.31. The maximum absolute atomic E-state index is 8.97. The van der Waals surface area contributed by atoms with Gasteiger partial charge >= 0.3 is 0 Å². The molecule has 100 valence electrons. The largest absolute Gasteiger partial charge is 0.436 e. The van der Waals surface area contributed by atoms with Crippen molar-refractivity contribution in [2.75, 3.05) is 0 Å². The number of benzene rings is 1. The van der Waals surface area contributed by atoms with Gasteiger partial charge < -0.3 is 9.84 Å². The maximum Gasteiger partial charge on any atom is 0.238 e. The highest BCUT2D eigenvalue weighted by atomic mass is 79.9. The number of ether oxygens (including phenoxy) is 1. The van der Waals surface area contributed by atoms with Gasteiger partial charge in [-0.15, -0.1) is 0 Å². The van der Waals surface area contributed by atoms with Crippen LogP contribution in [-0.4, -0.2) is 10.1 Å². The molecule has 1 heterocycles. The van der Waals surface area contributed by atoms with Crippen molar-refractivity contribution < 1.29 is 9.84 Å². The molecule has 0 amide bonds. The van der Waals surface area contributed by atoms with Gasteiger partial charge in [-0.05, 0) is 33.6 Å². The molecule has 0 saturated heterocycles. The van der Waals surface area contributed by atoms with Gasteiger partial charge in [0.15, 0.2) is 0 Å². The predicted molar refractivity (Wildman–Crippen MR) is 79.4 cm³/mol. The highest BCUT2D eigenvalue weighted by molar-refractivity contribution is 9.10. The summed E-state index contributed by atoms with van der Waals surface area (Å²) in [4.78, 5) is 4.01. The molecule has 19 heavy (non-hydrogen) atoms. The zero-order chi connectivity index (χ0) is 14.0. The molecule has 2 rings (SSSR count). The van der Waals surface area contributed by atoms with E-state index in [1.54, 1.807) is 18.2 Å². The quantitative estimate of drug-likeness (QED) is 0.751. The van der Waals surface area contributed by atoms with Crippen LogP contribution >= 0.6 is 50.7 Å². The number of pyridine rings is 1. The number of aliphatic hydroxyl groups is 1. The van der Waals surface area contributed by atoms with E-state index >= 15 is 0 Å². The first kappa shape index (κ1) is 14.9. The molecule has 0 bridgehead atoms. The molecular formula is C12H7BrCl3NO2. The number of rotatable bonds is 3. The van der Waals surface area contributed by atoms with E-state index in [0.717, 1.165) is 0 Å². The Balaban J connectivity index is 2.33. The molecule has 3 nitrogen and oxygen atoms in total. The van der Waals surface area contributed by atoms with Crippen LogP contribution in [0.2, 0.25) is 15.1 Å². The molecule has 0 aliphatic heterocycles. The highest BCUT2D eigenvalue weighted by Crippen LogP contribution is 2.37. The van der Waals surface area contributed by atoms with Crippen molar-refractivity contribution >= 4 is 50.7 Å². The van der Waals surface area contributed by atoms with E-state index in [-0.39, 0.29) is 17.5 Å². The number of hydrogen-bond donors (Lipinski definition) is 1. The average molecular weight is 383 g/mol. The van der Waals surface area contributed by atoms with Gasteiger partial charge in [0.25, 0.3) is 0 Å². The van der Waals surface area contributed by atoms with Crippen LogP contribution in [0.25, 0.3) is 0 Å². The molecule has 0 atom stereocenters. The Bertz CT molecular complexity index is 622. The fraction of sp³-hybridized carbons (Fsp3) is 0.0833. The summed E-state index contributed by atoms with van der Waals surface area (Å²) in [6, 6.07) is 4.75. The van der Waals surface area contributed by atoms with E-state index in [9.17, 15) is 0 Å². The summed E-state index contributed by atoms with van der Waals surface area (Å²) in [6.07, 6.45) is 1.47. The topological polar surface area (TPSA) is 42.4 Å². The Hall–Kier alpha value is -0.520. The van der Waals surface area contributed by atoms with Crippen LogP contribution in [0.1, 0.15) is 5.56 Å². The molecular weight excluding hydrogens is 376 g/mol. The molecule has 1 aromatic heterocycles. The molecule has 1 aromatic carbocycles. The highest BCUT2D eigenvalue weighted by Gasteiger charge is 2.11. The lowest BCUT2D eigenvalue weighted by atomic mass is 10.3. The van der Waals surface area contributed by atoms with Gasteiger partial charge in [0, 0.05) is 16.7 Å². The first-order valence-corrected chi connectivity index (χ1v) is 7.01. The number of hydrogen-bond acceptors (Lipinski definition) is 3. The molecule has 1 N–H and O–H groups in total. The molecule has 0 unspecified atom stereocenters. The number of halogens is 4. The summed E-state index contributed by atoms with van der Waals surface area (Å²) in [5.41, 5.74) is 0.595. The third kappa shape index (κ3) is 3.52. The number of aliphatic hydroxyl groups excluding tert-OH is 1. The van der Waals surface area contributed by atoms with E-state index in [1.807, 2.05) is 0 Å². The Morgan fingerprint density at radius 2 is 1.84 bits per heavy atom. The van der Waals surface area contributed by atoms with Gasteiger partial charge in [-0.2, -0.15) is 0 Å². The Labute approximate surface area is 133 Å². The van der Waals surface area contributed by atoms with E-state index in [2.05, 4.69) is 20.9 Å². The van der Waals surface area contributed by atoms with Crippen molar-refractivity contribution in [2.45, 2.75) is 6.61 Å². The minimum atomic E-state index is -0.141. The minimum Gasteiger partial charge on any atom is -0.436 e. The summed E-state index contributed by atoms with van der Waals surface area (Å²) < 4.78 is 6.18. The van der Waals surface area contributed by atoms with Crippen LogP contribution in [-0.2, 0) is 6.61 Å². The predicted octanol–water partition coefficient (Wildman–Crippen LogP) is 5.09. The minimum absolute atomic E-state index is 0.141. The maximum atomic E-state index is 8.97. The SMILES string of the molecule is OCc1cnc(Oc2cc(Cl)c(Br)cc2Cl)c(Cl)c1. The lowest BCUT2D eigenvalue weighted by Gasteiger charge is -2.10. The molecule has 0 aliphatic carbocycles. The molecule has 0 aliphatic rings. The zero-order valence-corrected chi connectivity index (χ0v) is 13.2. The molecule has 0 spiro atoms. The van der Waals surface area contributed by atoms with Gasteiger partial charge in [-0.1, -0.05) is 34.8 Å². The van der Waals surface area contributed by atoms with Crippen molar-refractivity contribution in [1.29, 1.82) is 0 Å². The lowest BCUT2D eigenvalue weighted by molar-refractivity contribution is 0.281. The third-order valence-electron chi connectivity index (χ3n) is 2.23. The second-order valence-electron chi connectivity index (χ2n) is 3.59. The van der Waals surface area contributed by atoms with Gasteiger partial charge in [0.1, 0.15) is 10.8 Å². The van der Waals surface area contributed by atoms with E-state index in [0.29, 0.717) is 25.8 Å². The van der Waals surface area contributed by atoms with Gasteiger partial charge in [0.05, 0.1) is 16.7 Å². The third-order valence-corrected chi connectivity index (χ3v) is 3.99. The van der Waals surface area contributed by atoms with Crippen LogP contribution < -0.4 is 4.74 Å². The normalized spacial score (nSPS) is 10.6. The summed E-state index contributed by atoms with van der Waals surface area (Å²) in [6.45, 7) is -0.141. The zero-order valence-electron chi connectivity index (χ0n) is 9.33. The Morgan fingerprint density at radius 1 is 1.11 bits per heavy atom. The van der Waals surface area contributed by atoms with Crippen LogP contribution in [0.3, 0.4) is 0 Å². The average Bonchev–Trinajstić information content (AvgIpc) is 2.38. The molecule has 0 fully saturated rings. The van der Waals surface area contributed by atoms with Crippen molar-refractivity contribution in [2.24, 2.45) is 0 Å². The Morgan fingerprint density at radius 3 is 2.47 bits per heavy atom. The number of nitrogens with zero attached hydrogens (tertiary/aromatic N) is 1. The molecule has 0 radical (unpaired) electrons. The van der Waals surface area contributed by atoms with Gasteiger partial charge in [-0.25, -0.2) is 4.98 Å². The Kier molecular flexibility index (Phi) is 4.92. The van der Waals surface area contributed by atoms with E-state index in [4.69, 9.17) is 44.6 Å². The van der Waals surface area contributed by atoms with E-state index in [1.165, 1.54) is 6.20 Å². The van der Waals surface area contributed by atoms with Crippen LogP contribution in [0.4, 0.5) is 0 Å². The van der Waals surface area contributed by atoms with Crippen LogP contribution in [0, 0.1) is 0 Å². The van der Waals surface area contributed by atoms with Gasteiger partial charge in [0.2, 0.25) is 5.88 Å². The summed E-state index contributed by atoms with van der Waals surface area (Å²) in [5, 5.41) is 10.1. The molecule has 0 saturated carbocycles. The van der Waals surface area contributed by atoms with Crippen LogP contribution in [0.15, 0.2) is 28.9 Å². The first-order valence-electron chi connectivity index (χ1n) is 5.09. The van der Waals surface area contributed by atoms with Gasteiger partial charge in [-0.3, -0.25) is 0 Å². The molecule has 7 heteroatoms. The second-order valence-corrected chi connectivity index (χ2v) is 5.66. The van der Waals surface area contributed by atoms with Crippen molar-refractivity contribution in [3.63, 3.8) is 0 Å². The summed E-state index contributed by atoms with van der Waals surface area (Å²) in [7, 11) is 0. The smallest absolute Gasteiger partial charge is 0.238 e.